The third kappa shape index (κ3) is 4.69. The number of carbonyl (C=O) groups is 1. The van der Waals surface area contributed by atoms with Gasteiger partial charge in [0.05, 0.1) is 13.2 Å². The maximum absolute atomic E-state index is 12.0. The number of hydrogen-bond acceptors (Lipinski definition) is 5. The molecule has 1 atom stereocenters. The minimum atomic E-state index is 0.00879. The van der Waals surface area contributed by atoms with Crippen LogP contribution in [0.4, 0.5) is 0 Å². The zero-order chi connectivity index (χ0) is 16.8. The predicted octanol–water partition coefficient (Wildman–Crippen LogP) is 0.738. The Hall–Kier alpha value is -1.63. The lowest BCUT2D eigenvalue weighted by Gasteiger charge is -2.26. The van der Waals surface area contributed by atoms with Crippen LogP contribution in [0.25, 0.3) is 0 Å². The molecule has 2 heterocycles. The minimum Gasteiger partial charge on any atom is -0.484 e. The average molecular weight is 334 g/mol. The van der Waals surface area contributed by atoms with Crippen LogP contribution in [0.3, 0.4) is 0 Å². The molecule has 1 amide bonds. The van der Waals surface area contributed by atoms with Gasteiger partial charge < -0.3 is 19.5 Å². The predicted molar refractivity (Wildman–Crippen MR) is 89.8 cm³/mol. The monoisotopic (exact) mass is 334 g/mol. The SMILES string of the molecule is O=C(COc1ccc(CN2CC[C@@H](CO)C2)cc1)N1CCOCC1. The lowest BCUT2D eigenvalue weighted by atomic mass is 10.1. The third-order valence-electron chi connectivity index (χ3n) is 4.68. The van der Waals surface area contributed by atoms with Crippen LogP contribution in [-0.4, -0.2) is 73.4 Å². The number of likely N-dealkylation sites (tertiary alicyclic amines) is 1. The van der Waals surface area contributed by atoms with Crippen LogP contribution < -0.4 is 4.74 Å². The maximum Gasteiger partial charge on any atom is 0.260 e. The average Bonchev–Trinajstić information content (AvgIpc) is 3.09. The van der Waals surface area contributed by atoms with Gasteiger partial charge in [0.1, 0.15) is 5.75 Å². The molecule has 0 aromatic heterocycles. The molecule has 2 fully saturated rings. The van der Waals surface area contributed by atoms with Gasteiger partial charge >= 0.3 is 0 Å². The van der Waals surface area contributed by atoms with Gasteiger partial charge in [0, 0.05) is 32.8 Å². The molecule has 3 rings (SSSR count). The third-order valence-corrected chi connectivity index (χ3v) is 4.68. The quantitative estimate of drug-likeness (QED) is 0.831. The first kappa shape index (κ1) is 17.2. The normalized spacial score (nSPS) is 21.9. The van der Waals surface area contributed by atoms with Gasteiger partial charge in [-0.05, 0) is 36.6 Å². The summed E-state index contributed by atoms with van der Waals surface area (Å²) in [5, 5.41) is 9.20. The Morgan fingerprint density at radius 1 is 1.21 bits per heavy atom. The highest BCUT2D eigenvalue weighted by molar-refractivity contribution is 5.77. The maximum atomic E-state index is 12.0. The molecule has 1 N–H and O–H groups in total. The Morgan fingerprint density at radius 3 is 2.62 bits per heavy atom. The van der Waals surface area contributed by atoms with E-state index in [0.717, 1.165) is 31.8 Å². The van der Waals surface area contributed by atoms with E-state index in [2.05, 4.69) is 4.90 Å². The Balaban J connectivity index is 1.43. The molecule has 0 bridgehead atoms. The van der Waals surface area contributed by atoms with Crippen molar-refractivity contribution in [3.8, 4) is 5.75 Å². The van der Waals surface area contributed by atoms with Crippen molar-refractivity contribution >= 4 is 5.91 Å². The van der Waals surface area contributed by atoms with Crippen molar-refractivity contribution in [2.75, 3.05) is 52.6 Å². The number of hydrogen-bond donors (Lipinski definition) is 1. The van der Waals surface area contributed by atoms with Gasteiger partial charge in [-0.1, -0.05) is 12.1 Å². The summed E-state index contributed by atoms with van der Waals surface area (Å²) in [6.07, 6.45) is 1.07. The number of ether oxygens (including phenoxy) is 2. The molecular formula is C18H26N2O4. The van der Waals surface area contributed by atoms with Gasteiger partial charge in [0.25, 0.3) is 5.91 Å². The number of amides is 1. The number of carbonyl (C=O) groups excluding carboxylic acids is 1. The van der Waals surface area contributed by atoms with Crippen LogP contribution in [0.5, 0.6) is 5.75 Å². The van der Waals surface area contributed by atoms with E-state index in [0.29, 0.717) is 32.2 Å². The van der Waals surface area contributed by atoms with E-state index in [9.17, 15) is 9.90 Å². The summed E-state index contributed by atoms with van der Waals surface area (Å²) >= 11 is 0. The van der Waals surface area contributed by atoms with Gasteiger partial charge in [0.15, 0.2) is 6.61 Å². The fourth-order valence-electron chi connectivity index (χ4n) is 3.20. The number of aliphatic hydroxyl groups is 1. The van der Waals surface area contributed by atoms with E-state index < -0.39 is 0 Å². The molecule has 0 spiro atoms. The van der Waals surface area contributed by atoms with E-state index in [4.69, 9.17) is 9.47 Å². The largest absolute Gasteiger partial charge is 0.484 e. The fourth-order valence-corrected chi connectivity index (χ4v) is 3.20. The Bertz CT molecular complexity index is 528. The van der Waals surface area contributed by atoms with Crippen molar-refractivity contribution in [1.29, 1.82) is 0 Å². The Kier molecular flexibility index (Phi) is 6.07. The van der Waals surface area contributed by atoms with E-state index in [1.54, 1.807) is 4.90 Å². The highest BCUT2D eigenvalue weighted by Crippen LogP contribution is 2.19. The molecule has 132 valence electrons. The number of rotatable bonds is 6. The molecule has 0 radical (unpaired) electrons. The fraction of sp³-hybridized carbons (Fsp3) is 0.611. The molecule has 6 heteroatoms. The van der Waals surface area contributed by atoms with E-state index in [1.807, 2.05) is 24.3 Å². The van der Waals surface area contributed by atoms with Crippen molar-refractivity contribution in [2.45, 2.75) is 13.0 Å². The highest BCUT2D eigenvalue weighted by Gasteiger charge is 2.21. The minimum absolute atomic E-state index is 0.00879. The van der Waals surface area contributed by atoms with Crippen molar-refractivity contribution in [3.05, 3.63) is 29.8 Å². The van der Waals surface area contributed by atoms with E-state index in [1.165, 1.54) is 5.56 Å². The summed E-state index contributed by atoms with van der Waals surface area (Å²) < 4.78 is 10.8. The smallest absolute Gasteiger partial charge is 0.260 e. The van der Waals surface area contributed by atoms with Gasteiger partial charge in [-0.3, -0.25) is 9.69 Å². The van der Waals surface area contributed by atoms with Gasteiger partial charge in [-0.15, -0.1) is 0 Å². The number of morpholine rings is 1. The summed E-state index contributed by atoms with van der Waals surface area (Å²) in [6.45, 7) is 5.74. The Labute approximate surface area is 143 Å². The van der Waals surface area contributed by atoms with Gasteiger partial charge in [-0.25, -0.2) is 0 Å². The molecule has 2 aliphatic rings. The van der Waals surface area contributed by atoms with Gasteiger partial charge in [-0.2, -0.15) is 0 Å². The van der Waals surface area contributed by atoms with Crippen molar-refractivity contribution in [2.24, 2.45) is 5.92 Å². The molecule has 0 saturated carbocycles. The van der Waals surface area contributed by atoms with Crippen molar-refractivity contribution in [1.82, 2.24) is 9.80 Å². The molecule has 24 heavy (non-hydrogen) atoms. The molecule has 0 unspecified atom stereocenters. The summed E-state index contributed by atoms with van der Waals surface area (Å²) in [6, 6.07) is 7.92. The lowest BCUT2D eigenvalue weighted by Crippen LogP contribution is -2.42. The summed E-state index contributed by atoms with van der Waals surface area (Å²) in [5.74, 6) is 1.14. The molecule has 0 aliphatic carbocycles. The number of aliphatic hydroxyl groups excluding tert-OH is 1. The van der Waals surface area contributed by atoms with Crippen LogP contribution in [0.2, 0.25) is 0 Å². The summed E-state index contributed by atoms with van der Waals surface area (Å²) in [4.78, 5) is 16.2. The molecule has 1 aromatic rings. The van der Waals surface area contributed by atoms with Crippen LogP contribution in [0.1, 0.15) is 12.0 Å². The number of benzene rings is 1. The molecular weight excluding hydrogens is 308 g/mol. The van der Waals surface area contributed by atoms with Crippen LogP contribution >= 0.6 is 0 Å². The Morgan fingerprint density at radius 2 is 1.96 bits per heavy atom. The van der Waals surface area contributed by atoms with Crippen LogP contribution in [0, 0.1) is 5.92 Å². The van der Waals surface area contributed by atoms with Crippen LogP contribution in [-0.2, 0) is 16.1 Å². The standard InChI is InChI=1S/C18H26N2O4/c21-13-16-5-6-19(12-16)11-15-1-3-17(4-2-15)24-14-18(22)20-7-9-23-10-8-20/h1-4,16,21H,5-14H2/t16-/m1/s1. The van der Waals surface area contributed by atoms with Crippen molar-refractivity contribution < 1.29 is 19.4 Å². The second kappa shape index (κ2) is 8.46. The first-order valence-corrected chi connectivity index (χ1v) is 8.65. The summed E-state index contributed by atoms with van der Waals surface area (Å²) in [5.41, 5.74) is 1.22. The zero-order valence-corrected chi connectivity index (χ0v) is 14.0. The first-order valence-electron chi connectivity index (χ1n) is 8.65. The lowest BCUT2D eigenvalue weighted by molar-refractivity contribution is -0.137. The van der Waals surface area contributed by atoms with E-state index in [-0.39, 0.29) is 19.1 Å². The first-order chi connectivity index (χ1) is 11.7. The second-order valence-electron chi connectivity index (χ2n) is 6.50. The molecule has 2 saturated heterocycles. The topological polar surface area (TPSA) is 62.2 Å². The molecule has 1 aromatic carbocycles. The highest BCUT2D eigenvalue weighted by atomic mass is 16.5. The van der Waals surface area contributed by atoms with Crippen molar-refractivity contribution in [3.63, 3.8) is 0 Å². The van der Waals surface area contributed by atoms with Crippen LogP contribution in [0.15, 0.2) is 24.3 Å². The molecule has 6 nitrogen and oxygen atoms in total. The number of nitrogens with zero attached hydrogens (tertiary/aromatic N) is 2. The molecule has 2 aliphatic heterocycles. The van der Waals surface area contributed by atoms with Gasteiger partial charge in [0.2, 0.25) is 0 Å². The van der Waals surface area contributed by atoms with E-state index >= 15 is 0 Å². The second-order valence-corrected chi connectivity index (χ2v) is 6.50. The zero-order valence-electron chi connectivity index (χ0n) is 14.0. The summed E-state index contributed by atoms with van der Waals surface area (Å²) in [7, 11) is 0.